The highest BCUT2D eigenvalue weighted by molar-refractivity contribution is 7.89. The van der Waals surface area contributed by atoms with Gasteiger partial charge in [0.05, 0.1) is 13.2 Å². The van der Waals surface area contributed by atoms with Crippen molar-refractivity contribution < 1.29 is 17.9 Å². The van der Waals surface area contributed by atoms with Gasteiger partial charge >= 0.3 is 0 Å². The number of nitrogens with one attached hydrogen (secondary N) is 3. The number of methoxy groups -OCH3 is 1. The van der Waals surface area contributed by atoms with Gasteiger partial charge in [-0.15, -0.1) is 0 Å². The van der Waals surface area contributed by atoms with Gasteiger partial charge in [-0.3, -0.25) is 9.98 Å². The molecule has 1 aromatic carbocycles. The fourth-order valence-electron chi connectivity index (χ4n) is 2.44. The second kappa shape index (κ2) is 12.8. The number of aliphatic imine (C=N–C) groups is 1. The zero-order valence-corrected chi connectivity index (χ0v) is 18.1. The van der Waals surface area contributed by atoms with Crippen molar-refractivity contribution in [1.82, 2.24) is 15.0 Å². The molecule has 0 spiro atoms. The van der Waals surface area contributed by atoms with Crippen LogP contribution in [0.3, 0.4) is 0 Å². The van der Waals surface area contributed by atoms with Crippen LogP contribution in [0, 0.1) is 0 Å². The number of hydrogen-bond acceptors (Lipinski definition) is 6. The molecule has 9 nitrogen and oxygen atoms in total. The average Bonchev–Trinajstić information content (AvgIpc) is 2.75. The van der Waals surface area contributed by atoms with Crippen LogP contribution in [0.2, 0.25) is 0 Å². The molecule has 164 valence electrons. The van der Waals surface area contributed by atoms with Crippen molar-refractivity contribution in [2.45, 2.75) is 18.2 Å². The number of pyridine rings is 1. The lowest BCUT2D eigenvalue weighted by Crippen LogP contribution is -2.32. The number of sulfonamides is 1. The maximum Gasteiger partial charge on any atom is 0.242 e. The molecule has 0 unspecified atom stereocenters. The maximum absolute atomic E-state index is 12.2. The third-order valence-corrected chi connectivity index (χ3v) is 5.27. The molecule has 0 fully saturated rings. The molecular weight excluding hydrogens is 406 g/mol. The van der Waals surface area contributed by atoms with Gasteiger partial charge in [0.1, 0.15) is 10.6 Å². The summed E-state index contributed by atoms with van der Waals surface area (Å²) in [6, 6.07) is 10.6. The highest BCUT2D eigenvalue weighted by atomic mass is 32.2. The third-order valence-electron chi connectivity index (χ3n) is 3.82. The Hall–Kier alpha value is -2.69. The predicted octanol–water partition coefficient (Wildman–Crippen LogP) is 1.85. The molecule has 0 aliphatic rings. The monoisotopic (exact) mass is 435 g/mol. The number of aromatic nitrogens is 1. The van der Waals surface area contributed by atoms with Gasteiger partial charge in [-0.2, -0.15) is 0 Å². The first kappa shape index (κ1) is 23.6. The topological polar surface area (TPSA) is 114 Å². The molecule has 0 atom stereocenters. The molecular formula is C20H29N5O4S. The van der Waals surface area contributed by atoms with E-state index in [2.05, 4.69) is 25.3 Å². The second-order valence-corrected chi connectivity index (χ2v) is 7.96. The van der Waals surface area contributed by atoms with E-state index in [-0.39, 0.29) is 18.0 Å². The smallest absolute Gasteiger partial charge is 0.242 e. The number of hydrogen-bond donors (Lipinski definition) is 3. The van der Waals surface area contributed by atoms with Crippen molar-refractivity contribution in [1.29, 1.82) is 0 Å². The van der Waals surface area contributed by atoms with Gasteiger partial charge in [0, 0.05) is 57.4 Å². The van der Waals surface area contributed by atoms with Crippen molar-refractivity contribution in [2.75, 3.05) is 45.3 Å². The van der Waals surface area contributed by atoms with Crippen LogP contribution in [0.1, 0.15) is 13.3 Å². The van der Waals surface area contributed by atoms with Crippen LogP contribution < -0.4 is 20.1 Å². The van der Waals surface area contributed by atoms with Gasteiger partial charge in [0.15, 0.2) is 5.96 Å². The lowest BCUT2D eigenvalue weighted by atomic mass is 10.3. The first-order valence-electron chi connectivity index (χ1n) is 9.72. The minimum Gasteiger partial charge on any atom is -0.493 e. The van der Waals surface area contributed by atoms with Gasteiger partial charge in [0.2, 0.25) is 10.0 Å². The van der Waals surface area contributed by atoms with E-state index in [4.69, 9.17) is 9.47 Å². The Morgan fingerprint density at radius 1 is 1.20 bits per heavy atom. The average molecular weight is 436 g/mol. The molecule has 0 saturated heterocycles. The quantitative estimate of drug-likeness (QED) is 0.265. The summed E-state index contributed by atoms with van der Waals surface area (Å²) in [5, 5.41) is 6.33. The second-order valence-electron chi connectivity index (χ2n) is 6.19. The van der Waals surface area contributed by atoms with E-state index in [1.165, 1.54) is 18.5 Å². The first-order valence-corrected chi connectivity index (χ1v) is 11.2. The summed E-state index contributed by atoms with van der Waals surface area (Å²) in [4.78, 5) is 8.37. The summed E-state index contributed by atoms with van der Waals surface area (Å²) in [5.74, 6) is 1.30. The molecule has 1 aromatic heterocycles. The number of rotatable bonds is 12. The number of benzene rings is 1. The lowest BCUT2D eigenvalue weighted by molar-refractivity contribution is 0.172. The lowest BCUT2D eigenvalue weighted by Gasteiger charge is -2.13. The fourth-order valence-corrected chi connectivity index (χ4v) is 3.42. The standard InChI is InChI=1S/C20H29N5O4S/c1-3-22-20(23-11-12-24-30(26,27)19-9-5-10-21-16-19)25-17-7-4-8-18(15-17)29-14-6-13-28-2/h4-5,7-10,15-16,24H,3,6,11-14H2,1-2H3,(H2,22,23,25). The zero-order chi connectivity index (χ0) is 21.7. The molecule has 0 aliphatic carbocycles. The van der Waals surface area contributed by atoms with E-state index in [0.29, 0.717) is 25.7 Å². The molecule has 0 bridgehead atoms. The van der Waals surface area contributed by atoms with Crippen LogP contribution in [0.15, 0.2) is 58.7 Å². The van der Waals surface area contributed by atoms with Crippen LogP contribution in [-0.2, 0) is 14.8 Å². The summed E-state index contributed by atoms with van der Waals surface area (Å²) < 4.78 is 37.7. The van der Waals surface area contributed by atoms with Crippen LogP contribution in [0.4, 0.5) is 5.69 Å². The van der Waals surface area contributed by atoms with Gasteiger partial charge in [-0.05, 0) is 31.2 Å². The molecule has 0 amide bonds. The van der Waals surface area contributed by atoms with Crippen molar-refractivity contribution in [3.05, 3.63) is 48.8 Å². The summed E-state index contributed by atoms with van der Waals surface area (Å²) >= 11 is 0. The molecule has 2 rings (SSSR count). The van der Waals surface area contributed by atoms with E-state index < -0.39 is 10.0 Å². The Kier molecular flexibility index (Phi) is 10.1. The molecule has 2 aromatic rings. The summed E-state index contributed by atoms with van der Waals surface area (Å²) in [7, 11) is -1.93. The number of anilines is 1. The molecule has 3 N–H and O–H groups in total. The van der Waals surface area contributed by atoms with Crippen molar-refractivity contribution in [3.63, 3.8) is 0 Å². The summed E-state index contributed by atoms with van der Waals surface area (Å²) in [6.07, 6.45) is 3.64. The van der Waals surface area contributed by atoms with Crippen LogP contribution in [0.5, 0.6) is 5.75 Å². The Morgan fingerprint density at radius 2 is 2.07 bits per heavy atom. The predicted molar refractivity (Wildman–Crippen MR) is 117 cm³/mol. The molecule has 0 saturated carbocycles. The van der Waals surface area contributed by atoms with Gasteiger partial charge in [0.25, 0.3) is 0 Å². The Labute approximate surface area is 178 Å². The van der Waals surface area contributed by atoms with E-state index >= 15 is 0 Å². The maximum atomic E-state index is 12.2. The minimum absolute atomic E-state index is 0.126. The van der Waals surface area contributed by atoms with Crippen molar-refractivity contribution in [3.8, 4) is 5.75 Å². The van der Waals surface area contributed by atoms with Gasteiger partial charge in [-0.25, -0.2) is 13.1 Å². The van der Waals surface area contributed by atoms with Crippen molar-refractivity contribution >= 4 is 21.7 Å². The van der Waals surface area contributed by atoms with E-state index in [0.717, 1.165) is 17.9 Å². The highest BCUT2D eigenvalue weighted by Crippen LogP contribution is 2.17. The molecule has 1 heterocycles. The van der Waals surface area contributed by atoms with E-state index in [1.807, 2.05) is 31.2 Å². The zero-order valence-electron chi connectivity index (χ0n) is 17.3. The molecule has 0 radical (unpaired) electrons. The highest BCUT2D eigenvalue weighted by Gasteiger charge is 2.12. The molecule has 30 heavy (non-hydrogen) atoms. The Balaban J connectivity index is 1.90. The first-order chi connectivity index (χ1) is 14.5. The summed E-state index contributed by atoms with van der Waals surface area (Å²) in [5.41, 5.74) is 0.815. The fraction of sp³-hybridized carbons (Fsp3) is 0.400. The van der Waals surface area contributed by atoms with Crippen LogP contribution in [0.25, 0.3) is 0 Å². The normalized spacial score (nSPS) is 11.9. The number of nitrogens with zero attached hydrogens (tertiary/aromatic N) is 2. The van der Waals surface area contributed by atoms with Crippen LogP contribution in [-0.4, -0.2) is 59.3 Å². The van der Waals surface area contributed by atoms with Gasteiger partial charge < -0.3 is 20.1 Å². The third kappa shape index (κ3) is 8.36. The largest absolute Gasteiger partial charge is 0.493 e. The Bertz CT molecular complexity index is 891. The molecule has 10 heteroatoms. The van der Waals surface area contributed by atoms with Crippen LogP contribution >= 0.6 is 0 Å². The van der Waals surface area contributed by atoms with Crippen molar-refractivity contribution in [2.24, 2.45) is 4.99 Å². The van der Waals surface area contributed by atoms with Gasteiger partial charge in [-0.1, -0.05) is 6.07 Å². The number of ether oxygens (including phenoxy) is 2. The molecule has 0 aliphatic heterocycles. The van der Waals surface area contributed by atoms with E-state index in [1.54, 1.807) is 13.2 Å². The summed E-state index contributed by atoms with van der Waals surface area (Å²) in [6.45, 7) is 4.28. The Morgan fingerprint density at radius 3 is 2.80 bits per heavy atom. The number of guanidine groups is 1. The minimum atomic E-state index is -3.60. The SMILES string of the molecule is CCNC(=NCCNS(=O)(=O)c1cccnc1)Nc1cccc(OCCCOC)c1. The van der Waals surface area contributed by atoms with E-state index in [9.17, 15) is 8.42 Å².